The Kier molecular flexibility index (Phi) is 4.39. The van der Waals surface area contributed by atoms with Gasteiger partial charge in [-0.15, -0.1) is 11.3 Å². The molecule has 0 saturated heterocycles. The van der Waals surface area contributed by atoms with E-state index in [1.807, 2.05) is 7.05 Å². The highest BCUT2D eigenvalue weighted by molar-refractivity contribution is 7.16. The van der Waals surface area contributed by atoms with Crippen molar-refractivity contribution >= 4 is 39.4 Å². The fraction of sp³-hybridized carbons (Fsp3) is 0.364. The van der Waals surface area contributed by atoms with Gasteiger partial charge in [0.1, 0.15) is 5.15 Å². The van der Waals surface area contributed by atoms with E-state index in [4.69, 9.17) is 16.7 Å². The summed E-state index contributed by atoms with van der Waals surface area (Å²) in [5.74, 6) is 0. The molecule has 0 amide bonds. The van der Waals surface area contributed by atoms with Crippen molar-refractivity contribution in [2.75, 3.05) is 18.5 Å². The average molecular weight is 289 g/mol. The van der Waals surface area contributed by atoms with Crippen LogP contribution in [-0.2, 0) is 13.0 Å². The molecule has 0 bridgehead atoms. The fourth-order valence-corrected chi connectivity index (χ4v) is 3.21. The minimum Gasteiger partial charge on any atom is -0.391 e. The molecule has 0 atom stereocenters. The molecule has 2 heterocycles. The number of thiophene rings is 1. The van der Waals surface area contributed by atoms with Crippen LogP contribution in [0.4, 0.5) is 5.13 Å². The lowest BCUT2D eigenvalue weighted by Crippen LogP contribution is -2.19. The summed E-state index contributed by atoms with van der Waals surface area (Å²) in [4.78, 5) is 8.39. The van der Waals surface area contributed by atoms with Crippen LogP contribution in [0.2, 0.25) is 5.15 Å². The van der Waals surface area contributed by atoms with Gasteiger partial charge in [-0.05, 0) is 17.9 Å². The van der Waals surface area contributed by atoms with Gasteiger partial charge >= 0.3 is 0 Å². The number of thiazole rings is 1. The zero-order valence-electron chi connectivity index (χ0n) is 9.39. The monoisotopic (exact) mass is 288 g/mol. The van der Waals surface area contributed by atoms with Gasteiger partial charge in [0.05, 0.1) is 11.5 Å². The molecule has 0 saturated carbocycles. The average Bonchev–Trinajstić information content (AvgIpc) is 2.94. The Morgan fingerprint density at radius 2 is 2.35 bits per heavy atom. The number of anilines is 1. The van der Waals surface area contributed by atoms with E-state index >= 15 is 0 Å². The molecule has 0 aliphatic heterocycles. The largest absolute Gasteiger partial charge is 0.391 e. The summed E-state index contributed by atoms with van der Waals surface area (Å²) >= 11 is 9.11. The molecule has 0 spiro atoms. The van der Waals surface area contributed by atoms with Crippen LogP contribution < -0.4 is 4.90 Å². The van der Waals surface area contributed by atoms with Gasteiger partial charge in [0.15, 0.2) is 5.13 Å². The van der Waals surface area contributed by atoms with Crippen LogP contribution >= 0.6 is 34.3 Å². The third-order valence-electron chi connectivity index (χ3n) is 2.38. The highest BCUT2D eigenvalue weighted by Gasteiger charge is 2.11. The van der Waals surface area contributed by atoms with E-state index in [1.54, 1.807) is 11.3 Å². The van der Waals surface area contributed by atoms with Crippen molar-refractivity contribution < 1.29 is 5.11 Å². The molecule has 2 rings (SSSR count). The zero-order chi connectivity index (χ0) is 12.3. The fourth-order valence-electron chi connectivity index (χ4n) is 1.41. The van der Waals surface area contributed by atoms with Crippen LogP contribution in [-0.4, -0.2) is 23.7 Å². The van der Waals surface area contributed by atoms with Gasteiger partial charge in [0.25, 0.3) is 0 Å². The van der Waals surface area contributed by atoms with E-state index in [0.29, 0.717) is 5.15 Å². The molecule has 2 aromatic rings. The molecule has 17 heavy (non-hydrogen) atoms. The van der Waals surface area contributed by atoms with Crippen LogP contribution in [0.25, 0.3) is 0 Å². The molecule has 0 aliphatic rings. The summed E-state index contributed by atoms with van der Waals surface area (Å²) in [6.45, 7) is 0.852. The molecule has 0 radical (unpaired) electrons. The van der Waals surface area contributed by atoms with Gasteiger partial charge in [-0.2, -0.15) is 0 Å². The predicted octanol–water partition coefficient (Wildman–Crippen LogP) is 3.03. The van der Waals surface area contributed by atoms with Gasteiger partial charge in [-0.3, -0.25) is 0 Å². The van der Waals surface area contributed by atoms with Gasteiger partial charge in [0, 0.05) is 18.5 Å². The lowest BCUT2D eigenvalue weighted by molar-refractivity contribution is 0.285. The third kappa shape index (κ3) is 3.19. The molecule has 6 heteroatoms. The summed E-state index contributed by atoms with van der Waals surface area (Å²) < 4.78 is 0. The molecular formula is C11H13ClN2OS2. The smallest absolute Gasteiger partial charge is 0.186 e. The number of rotatable bonds is 5. The molecule has 0 aromatic carbocycles. The predicted molar refractivity (Wildman–Crippen MR) is 74.3 cm³/mol. The summed E-state index contributed by atoms with van der Waals surface area (Å²) in [6, 6.07) is 4.19. The zero-order valence-corrected chi connectivity index (χ0v) is 11.8. The summed E-state index contributed by atoms with van der Waals surface area (Å²) in [5.41, 5.74) is 0. The summed E-state index contributed by atoms with van der Waals surface area (Å²) in [5, 5.41) is 12.4. The minimum atomic E-state index is -0.0464. The van der Waals surface area contributed by atoms with Crippen molar-refractivity contribution in [1.82, 2.24) is 4.98 Å². The standard InChI is InChI=1S/C11H13ClN2OS2/c1-14(5-4-8-3-2-6-16-8)11-13-10(12)9(7-15)17-11/h2-3,6,15H,4-5,7H2,1H3. The van der Waals surface area contributed by atoms with Gasteiger partial charge < -0.3 is 10.0 Å². The van der Waals surface area contributed by atoms with E-state index in [0.717, 1.165) is 23.0 Å². The van der Waals surface area contributed by atoms with E-state index in [-0.39, 0.29) is 6.61 Å². The first kappa shape index (κ1) is 12.8. The molecule has 0 fully saturated rings. The molecule has 2 aromatic heterocycles. The van der Waals surface area contributed by atoms with Crippen LogP contribution in [0.5, 0.6) is 0 Å². The van der Waals surface area contributed by atoms with Crippen molar-refractivity contribution in [2.24, 2.45) is 0 Å². The molecule has 0 aliphatic carbocycles. The number of nitrogens with zero attached hydrogens (tertiary/aromatic N) is 2. The maximum Gasteiger partial charge on any atom is 0.186 e. The van der Waals surface area contributed by atoms with E-state index in [9.17, 15) is 0 Å². The summed E-state index contributed by atoms with van der Waals surface area (Å²) in [6.07, 6.45) is 1.000. The first-order valence-corrected chi connectivity index (χ1v) is 7.27. The van der Waals surface area contributed by atoms with Gasteiger partial charge in [0.2, 0.25) is 0 Å². The summed E-state index contributed by atoms with van der Waals surface area (Å²) in [7, 11) is 1.99. The molecule has 3 nitrogen and oxygen atoms in total. The van der Waals surface area contributed by atoms with Crippen LogP contribution in [0.15, 0.2) is 17.5 Å². The Bertz CT molecular complexity index is 470. The number of hydrogen-bond donors (Lipinski definition) is 1. The normalized spacial score (nSPS) is 10.8. The SMILES string of the molecule is CN(CCc1cccs1)c1nc(Cl)c(CO)s1. The minimum absolute atomic E-state index is 0.0464. The third-order valence-corrected chi connectivity index (χ3v) is 4.90. The number of hydrogen-bond acceptors (Lipinski definition) is 5. The molecule has 0 unspecified atom stereocenters. The Morgan fingerprint density at radius 3 is 2.94 bits per heavy atom. The second kappa shape index (κ2) is 5.82. The van der Waals surface area contributed by atoms with E-state index in [2.05, 4.69) is 27.4 Å². The molecule has 92 valence electrons. The first-order chi connectivity index (χ1) is 8.20. The van der Waals surface area contributed by atoms with Crippen molar-refractivity contribution in [2.45, 2.75) is 13.0 Å². The Balaban J connectivity index is 1.96. The van der Waals surface area contributed by atoms with Crippen LogP contribution in [0.1, 0.15) is 9.75 Å². The van der Waals surface area contributed by atoms with Crippen molar-refractivity contribution in [3.05, 3.63) is 32.4 Å². The van der Waals surface area contributed by atoms with Gasteiger partial charge in [-0.25, -0.2) is 4.98 Å². The van der Waals surface area contributed by atoms with Crippen molar-refractivity contribution in [3.8, 4) is 0 Å². The van der Waals surface area contributed by atoms with Crippen molar-refractivity contribution in [1.29, 1.82) is 0 Å². The second-order valence-corrected chi connectivity index (χ2v) is 6.07. The van der Waals surface area contributed by atoms with Crippen molar-refractivity contribution in [3.63, 3.8) is 0 Å². The number of aliphatic hydroxyl groups excluding tert-OH is 1. The molecule has 1 N–H and O–H groups in total. The number of halogens is 1. The molecular weight excluding hydrogens is 276 g/mol. The van der Waals surface area contributed by atoms with E-state index < -0.39 is 0 Å². The lowest BCUT2D eigenvalue weighted by atomic mass is 10.3. The van der Waals surface area contributed by atoms with Crippen LogP contribution in [0.3, 0.4) is 0 Å². The first-order valence-electron chi connectivity index (χ1n) is 5.20. The quantitative estimate of drug-likeness (QED) is 0.919. The number of likely N-dealkylation sites (N-methyl/N-ethyl adjacent to an activating group) is 1. The Morgan fingerprint density at radius 1 is 1.53 bits per heavy atom. The Hall–Kier alpha value is -0.620. The Labute approximate surface area is 113 Å². The van der Waals surface area contributed by atoms with E-state index in [1.165, 1.54) is 16.2 Å². The van der Waals surface area contributed by atoms with Gasteiger partial charge in [-0.1, -0.05) is 29.0 Å². The highest BCUT2D eigenvalue weighted by atomic mass is 35.5. The topological polar surface area (TPSA) is 36.4 Å². The van der Waals surface area contributed by atoms with Crippen LogP contribution in [0, 0.1) is 0 Å². The number of aromatic nitrogens is 1. The lowest BCUT2D eigenvalue weighted by Gasteiger charge is -2.14. The highest BCUT2D eigenvalue weighted by Crippen LogP contribution is 2.29. The maximum absolute atomic E-state index is 9.06. The second-order valence-electron chi connectivity index (χ2n) is 3.62. The number of aliphatic hydroxyl groups is 1. The maximum atomic E-state index is 9.06.